The molecule has 1 saturated heterocycles. The first kappa shape index (κ1) is 24.4. The number of amides is 3. The van der Waals surface area contributed by atoms with Crippen molar-refractivity contribution in [1.29, 1.82) is 0 Å². The SMILES string of the molecule is CC(C(=O)Nc1cccc(F)c1)N1CCN(C(=O)Nc2cccc(COCc3ccco3)c2)CC1. The molecule has 184 valence electrons. The first-order valence-corrected chi connectivity index (χ1v) is 11.5. The van der Waals surface area contributed by atoms with Gasteiger partial charge in [-0.3, -0.25) is 9.69 Å². The zero-order valence-electron chi connectivity index (χ0n) is 19.6. The zero-order chi connectivity index (χ0) is 24.6. The fourth-order valence-corrected chi connectivity index (χ4v) is 3.90. The van der Waals surface area contributed by atoms with Crippen molar-refractivity contribution in [2.75, 3.05) is 36.8 Å². The normalized spacial score (nSPS) is 15.0. The van der Waals surface area contributed by atoms with Crippen LogP contribution < -0.4 is 10.6 Å². The van der Waals surface area contributed by atoms with Gasteiger partial charge in [0, 0.05) is 37.6 Å². The van der Waals surface area contributed by atoms with Gasteiger partial charge < -0.3 is 24.7 Å². The van der Waals surface area contributed by atoms with Crippen LogP contribution in [0, 0.1) is 5.82 Å². The van der Waals surface area contributed by atoms with E-state index in [1.54, 1.807) is 23.3 Å². The van der Waals surface area contributed by atoms with E-state index in [-0.39, 0.29) is 11.9 Å². The maximum atomic E-state index is 13.4. The molecular formula is C26H29FN4O4. The van der Waals surface area contributed by atoms with Gasteiger partial charge in [0.05, 0.1) is 18.9 Å². The van der Waals surface area contributed by atoms with Crippen LogP contribution in [0.1, 0.15) is 18.2 Å². The molecule has 1 aliphatic heterocycles. The quantitative estimate of drug-likeness (QED) is 0.502. The monoisotopic (exact) mass is 480 g/mol. The fourth-order valence-electron chi connectivity index (χ4n) is 3.90. The highest BCUT2D eigenvalue weighted by molar-refractivity contribution is 5.94. The fraction of sp³-hybridized carbons (Fsp3) is 0.308. The third-order valence-electron chi connectivity index (χ3n) is 5.89. The number of piperazine rings is 1. The van der Waals surface area contributed by atoms with Gasteiger partial charge in [0.2, 0.25) is 5.91 Å². The molecule has 0 spiro atoms. The molecule has 1 aromatic heterocycles. The van der Waals surface area contributed by atoms with Gasteiger partial charge in [-0.2, -0.15) is 0 Å². The molecule has 2 aromatic carbocycles. The molecule has 1 atom stereocenters. The Kier molecular flexibility index (Phi) is 8.12. The van der Waals surface area contributed by atoms with Gasteiger partial charge in [-0.15, -0.1) is 0 Å². The second kappa shape index (κ2) is 11.6. The van der Waals surface area contributed by atoms with Gasteiger partial charge in [0.1, 0.15) is 18.2 Å². The number of halogens is 1. The molecular weight excluding hydrogens is 451 g/mol. The lowest BCUT2D eigenvalue weighted by Crippen LogP contribution is -2.54. The van der Waals surface area contributed by atoms with Crippen molar-refractivity contribution in [3.63, 3.8) is 0 Å². The third kappa shape index (κ3) is 6.91. The van der Waals surface area contributed by atoms with Gasteiger partial charge in [0.15, 0.2) is 0 Å². The van der Waals surface area contributed by atoms with Crippen LogP contribution in [-0.2, 0) is 22.7 Å². The number of ether oxygens (including phenoxy) is 1. The highest BCUT2D eigenvalue weighted by Gasteiger charge is 2.27. The summed E-state index contributed by atoms with van der Waals surface area (Å²) in [5, 5.41) is 5.69. The van der Waals surface area contributed by atoms with E-state index < -0.39 is 11.9 Å². The van der Waals surface area contributed by atoms with Gasteiger partial charge in [0.25, 0.3) is 0 Å². The van der Waals surface area contributed by atoms with E-state index >= 15 is 0 Å². The van der Waals surface area contributed by atoms with Crippen molar-refractivity contribution in [3.8, 4) is 0 Å². The Bertz CT molecular complexity index is 1130. The second-order valence-electron chi connectivity index (χ2n) is 8.40. The molecule has 3 amide bonds. The number of furan rings is 1. The maximum absolute atomic E-state index is 13.4. The lowest BCUT2D eigenvalue weighted by atomic mass is 10.2. The summed E-state index contributed by atoms with van der Waals surface area (Å²) >= 11 is 0. The first-order chi connectivity index (χ1) is 17.0. The number of benzene rings is 2. The second-order valence-corrected chi connectivity index (χ2v) is 8.40. The van der Waals surface area contributed by atoms with E-state index in [0.29, 0.717) is 50.8 Å². The minimum Gasteiger partial charge on any atom is -0.467 e. The minimum absolute atomic E-state index is 0.185. The molecule has 1 fully saturated rings. The van der Waals surface area contributed by atoms with Crippen LogP contribution in [0.2, 0.25) is 0 Å². The Hall–Kier alpha value is -3.69. The summed E-state index contributed by atoms with van der Waals surface area (Å²) in [7, 11) is 0. The number of carbonyl (C=O) groups excluding carboxylic acids is 2. The molecule has 0 saturated carbocycles. The summed E-state index contributed by atoms with van der Waals surface area (Å²) in [6.07, 6.45) is 1.61. The number of nitrogens with zero attached hydrogens (tertiary/aromatic N) is 2. The van der Waals surface area contributed by atoms with Crippen LogP contribution in [0.5, 0.6) is 0 Å². The average molecular weight is 481 g/mol. The number of nitrogens with one attached hydrogen (secondary N) is 2. The minimum atomic E-state index is -0.402. The Morgan fingerprint density at radius 1 is 0.971 bits per heavy atom. The summed E-state index contributed by atoms with van der Waals surface area (Å²) in [6, 6.07) is 16.4. The van der Waals surface area contributed by atoms with Crippen molar-refractivity contribution in [1.82, 2.24) is 9.80 Å². The van der Waals surface area contributed by atoms with Gasteiger partial charge in [-0.1, -0.05) is 18.2 Å². The highest BCUT2D eigenvalue weighted by Crippen LogP contribution is 2.16. The Labute approximate surface area is 203 Å². The first-order valence-electron chi connectivity index (χ1n) is 11.5. The largest absolute Gasteiger partial charge is 0.467 e. The van der Waals surface area contributed by atoms with E-state index in [0.717, 1.165) is 11.3 Å². The lowest BCUT2D eigenvalue weighted by molar-refractivity contribution is -0.121. The number of urea groups is 1. The van der Waals surface area contributed by atoms with Gasteiger partial charge in [-0.05, 0) is 55.0 Å². The van der Waals surface area contributed by atoms with Crippen LogP contribution in [0.25, 0.3) is 0 Å². The van der Waals surface area contributed by atoms with E-state index in [2.05, 4.69) is 10.6 Å². The number of carbonyl (C=O) groups is 2. The molecule has 9 heteroatoms. The number of anilines is 2. The smallest absolute Gasteiger partial charge is 0.321 e. The Balaban J connectivity index is 1.22. The van der Waals surface area contributed by atoms with Crippen LogP contribution in [0.15, 0.2) is 71.3 Å². The summed E-state index contributed by atoms with van der Waals surface area (Å²) in [4.78, 5) is 29.1. The van der Waals surface area contributed by atoms with Crippen molar-refractivity contribution >= 4 is 23.3 Å². The Morgan fingerprint density at radius 3 is 2.43 bits per heavy atom. The van der Waals surface area contributed by atoms with Crippen LogP contribution in [-0.4, -0.2) is 54.0 Å². The predicted octanol–water partition coefficient (Wildman–Crippen LogP) is 4.31. The predicted molar refractivity (Wildman–Crippen MR) is 130 cm³/mol. The van der Waals surface area contributed by atoms with E-state index in [1.807, 2.05) is 48.2 Å². The molecule has 0 bridgehead atoms. The molecule has 0 aliphatic carbocycles. The molecule has 2 N–H and O–H groups in total. The molecule has 2 heterocycles. The third-order valence-corrected chi connectivity index (χ3v) is 5.89. The molecule has 1 unspecified atom stereocenters. The summed E-state index contributed by atoms with van der Waals surface area (Å²) in [6.45, 7) is 4.71. The van der Waals surface area contributed by atoms with Crippen LogP contribution in [0.4, 0.5) is 20.6 Å². The van der Waals surface area contributed by atoms with Crippen molar-refractivity contribution in [2.45, 2.75) is 26.2 Å². The number of hydrogen-bond donors (Lipinski definition) is 2. The number of rotatable bonds is 8. The van der Waals surface area contributed by atoms with Gasteiger partial charge in [-0.25, -0.2) is 9.18 Å². The van der Waals surface area contributed by atoms with E-state index in [1.165, 1.54) is 12.1 Å². The maximum Gasteiger partial charge on any atom is 0.321 e. The molecule has 8 nitrogen and oxygen atoms in total. The topological polar surface area (TPSA) is 87.1 Å². The molecule has 35 heavy (non-hydrogen) atoms. The van der Waals surface area contributed by atoms with Gasteiger partial charge >= 0.3 is 6.03 Å². The Morgan fingerprint density at radius 2 is 1.71 bits per heavy atom. The lowest BCUT2D eigenvalue weighted by Gasteiger charge is -2.37. The van der Waals surface area contributed by atoms with E-state index in [4.69, 9.17) is 9.15 Å². The molecule has 1 aliphatic rings. The standard InChI is InChI=1S/C26H29FN4O4/c1-19(25(32)28-23-8-3-6-21(27)16-23)30-10-12-31(13-11-30)26(33)29-22-7-2-5-20(15-22)17-34-18-24-9-4-14-35-24/h2-9,14-16,19H,10-13,17-18H2,1H3,(H,28,32)(H,29,33). The molecule has 4 rings (SSSR count). The summed E-state index contributed by atoms with van der Waals surface area (Å²) < 4.78 is 24.3. The van der Waals surface area contributed by atoms with E-state index in [9.17, 15) is 14.0 Å². The highest BCUT2D eigenvalue weighted by atomic mass is 19.1. The zero-order valence-corrected chi connectivity index (χ0v) is 19.6. The molecule has 3 aromatic rings. The average Bonchev–Trinajstić information content (AvgIpc) is 3.37. The number of hydrogen-bond acceptors (Lipinski definition) is 5. The molecule has 0 radical (unpaired) electrons. The summed E-state index contributed by atoms with van der Waals surface area (Å²) in [5.41, 5.74) is 2.06. The van der Waals surface area contributed by atoms with Crippen molar-refractivity contribution < 1.29 is 23.1 Å². The van der Waals surface area contributed by atoms with Crippen molar-refractivity contribution in [3.05, 3.63) is 84.1 Å². The van der Waals surface area contributed by atoms with Crippen LogP contribution in [0.3, 0.4) is 0 Å². The summed E-state index contributed by atoms with van der Waals surface area (Å²) in [5.74, 6) is 0.149. The van der Waals surface area contributed by atoms with Crippen molar-refractivity contribution in [2.24, 2.45) is 0 Å². The van der Waals surface area contributed by atoms with Crippen LogP contribution >= 0.6 is 0 Å².